The van der Waals surface area contributed by atoms with Gasteiger partial charge in [0.05, 0.1) is 5.56 Å². The predicted molar refractivity (Wildman–Crippen MR) is 78.5 cm³/mol. The summed E-state index contributed by atoms with van der Waals surface area (Å²) in [5.41, 5.74) is -0.268. The highest BCUT2D eigenvalue weighted by Gasteiger charge is 2.23. The minimum Gasteiger partial charge on any atom is -0.347 e. The molecule has 4 nitrogen and oxygen atoms in total. The molecule has 0 aliphatic carbocycles. The van der Waals surface area contributed by atoms with Crippen molar-refractivity contribution in [3.63, 3.8) is 0 Å². The van der Waals surface area contributed by atoms with Gasteiger partial charge in [-0.2, -0.15) is 4.39 Å². The second-order valence-corrected chi connectivity index (χ2v) is 6.09. The van der Waals surface area contributed by atoms with Crippen molar-refractivity contribution in [2.45, 2.75) is 32.2 Å². The number of nitrogens with zero attached hydrogens (tertiary/aromatic N) is 2. The lowest BCUT2D eigenvalue weighted by atomic mass is 9.97. The van der Waals surface area contributed by atoms with Crippen LogP contribution >= 0.6 is 11.6 Å². The van der Waals surface area contributed by atoms with E-state index in [4.69, 9.17) is 11.6 Å². The van der Waals surface area contributed by atoms with E-state index >= 15 is 0 Å². The minimum absolute atomic E-state index is 0.111. The van der Waals surface area contributed by atoms with Gasteiger partial charge in [0.25, 0.3) is 5.91 Å². The quantitative estimate of drug-likeness (QED) is 0.822. The highest BCUT2D eigenvalue weighted by Crippen LogP contribution is 2.19. The van der Waals surface area contributed by atoms with Crippen molar-refractivity contribution in [1.29, 1.82) is 0 Å². The van der Waals surface area contributed by atoms with Crippen LogP contribution in [0.4, 0.5) is 4.39 Å². The molecule has 0 spiro atoms. The van der Waals surface area contributed by atoms with Crippen LogP contribution < -0.4 is 5.32 Å². The van der Waals surface area contributed by atoms with Crippen LogP contribution in [0, 0.1) is 5.95 Å². The fraction of sp³-hybridized carbons (Fsp3) is 0.571. The van der Waals surface area contributed by atoms with E-state index in [1.165, 1.54) is 12.3 Å². The van der Waals surface area contributed by atoms with Gasteiger partial charge in [0, 0.05) is 11.7 Å². The van der Waals surface area contributed by atoms with Crippen LogP contribution in [-0.2, 0) is 0 Å². The number of amides is 1. The molecule has 0 aliphatic heterocycles. The molecule has 1 rings (SSSR count). The second kappa shape index (κ2) is 6.99. The average Bonchev–Trinajstić information content (AvgIpc) is 2.31. The van der Waals surface area contributed by atoms with E-state index < -0.39 is 5.95 Å². The molecule has 0 atom stereocenters. The molecule has 0 aliphatic rings. The second-order valence-electron chi connectivity index (χ2n) is 5.71. The van der Waals surface area contributed by atoms with Crippen LogP contribution in [-0.4, -0.2) is 42.0 Å². The van der Waals surface area contributed by atoms with Gasteiger partial charge in [-0.1, -0.05) is 11.6 Å². The maximum Gasteiger partial charge on any atom is 0.253 e. The van der Waals surface area contributed by atoms with Gasteiger partial charge in [0.1, 0.15) is 5.02 Å². The Labute approximate surface area is 124 Å². The summed E-state index contributed by atoms with van der Waals surface area (Å²) in [7, 11) is 4.01. The van der Waals surface area contributed by atoms with Crippen molar-refractivity contribution in [1.82, 2.24) is 15.2 Å². The Bertz CT molecular complexity index is 477. The Morgan fingerprint density at radius 3 is 2.75 bits per heavy atom. The van der Waals surface area contributed by atoms with Gasteiger partial charge in [0.2, 0.25) is 5.95 Å². The Morgan fingerprint density at radius 2 is 2.15 bits per heavy atom. The van der Waals surface area contributed by atoms with Crippen molar-refractivity contribution < 1.29 is 9.18 Å². The van der Waals surface area contributed by atoms with E-state index in [1.807, 2.05) is 27.9 Å². The fourth-order valence-corrected chi connectivity index (χ4v) is 2.07. The van der Waals surface area contributed by atoms with Gasteiger partial charge in [0.15, 0.2) is 0 Å². The van der Waals surface area contributed by atoms with Crippen LogP contribution in [0.1, 0.15) is 37.0 Å². The van der Waals surface area contributed by atoms with E-state index in [-0.39, 0.29) is 22.0 Å². The molecule has 20 heavy (non-hydrogen) atoms. The van der Waals surface area contributed by atoms with Gasteiger partial charge in [-0.3, -0.25) is 4.79 Å². The summed E-state index contributed by atoms with van der Waals surface area (Å²) in [5, 5.41) is 2.64. The summed E-state index contributed by atoms with van der Waals surface area (Å²) in [6.07, 6.45) is 3.01. The number of hydrogen-bond acceptors (Lipinski definition) is 3. The maximum absolute atomic E-state index is 13.2. The summed E-state index contributed by atoms with van der Waals surface area (Å²) >= 11 is 5.76. The van der Waals surface area contributed by atoms with E-state index in [1.54, 1.807) is 0 Å². The number of halogens is 2. The third-order valence-electron chi connectivity index (χ3n) is 2.95. The lowest BCUT2D eigenvalue weighted by Crippen LogP contribution is -2.43. The first kappa shape index (κ1) is 16.9. The highest BCUT2D eigenvalue weighted by molar-refractivity contribution is 6.33. The summed E-state index contributed by atoms with van der Waals surface area (Å²) in [6.45, 7) is 4.82. The van der Waals surface area contributed by atoms with Gasteiger partial charge < -0.3 is 10.2 Å². The molecular weight excluding hydrogens is 281 g/mol. The van der Waals surface area contributed by atoms with Gasteiger partial charge in [-0.05, 0) is 53.4 Å². The van der Waals surface area contributed by atoms with Gasteiger partial charge in [-0.25, -0.2) is 4.98 Å². The number of nitrogens with one attached hydrogen (secondary N) is 1. The fourth-order valence-electron chi connectivity index (χ4n) is 1.87. The summed E-state index contributed by atoms with van der Waals surface area (Å²) in [6, 6.07) is 1.41. The topological polar surface area (TPSA) is 45.2 Å². The smallest absolute Gasteiger partial charge is 0.253 e. The van der Waals surface area contributed by atoms with Crippen molar-refractivity contribution in [3.8, 4) is 0 Å². The van der Waals surface area contributed by atoms with Crippen LogP contribution in [0.3, 0.4) is 0 Å². The van der Waals surface area contributed by atoms with Crippen molar-refractivity contribution in [2.75, 3.05) is 20.6 Å². The average molecular weight is 302 g/mol. The number of carbonyl (C=O) groups is 1. The summed E-state index contributed by atoms with van der Waals surface area (Å²) < 4.78 is 13.2. The summed E-state index contributed by atoms with van der Waals surface area (Å²) in [5.74, 6) is -1.21. The number of aromatic nitrogens is 1. The monoisotopic (exact) mass is 301 g/mol. The SMILES string of the molecule is CN(C)CCCC(C)(C)NC(=O)c1ccnc(F)c1Cl. The molecule has 112 valence electrons. The first-order valence-corrected chi connectivity index (χ1v) is 6.88. The Kier molecular flexibility index (Phi) is 5.89. The van der Waals surface area contributed by atoms with Crippen molar-refractivity contribution in [2.24, 2.45) is 0 Å². The molecule has 0 saturated carbocycles. The normalized spacial score (nSPS) is 11.8. The predicted octanol–water partition coefficient (Wildman–Crippen LogP) is 2.72. The third-order valence-corrected chi connectivity index (χ3v) is 3.31. The zero-order valence-electron chi connectivity index (χ0n) is 12.3. The number of hydrogen-bond donors (Lipinski definition) is 1. The molecular formula is C14H21ClFN3O. The van der Waals surface area contributed by atoms with Crippen LogP contribution in [0.5, 0.6) is 0 Å². The first-order chi connectivity index (χ1) is 9.23. The van der Waals surface area contributed by atoms with Crippen LogP contribution in [0.25, 0.3) is 0 Å². The molecule has 1 N–H and O–H groups in total. The maximum atomic E-state index is 13.2. The number of pyridine rings is 1. The zero-order valence-corrected chi connectivity index (χ0v) is 13.1. The number of rotatable bonds is 6. The molecule has 1 heterocycles. The molecule has 1 amide bonds. The van der Waals surface area contributed by atoms with Gasteiger partial charge >= 0.3 is 0 Å². The lowest BCUT2D eigenvalue weighted by Gasteiger charge is -2.27. The van der Waals surface area contributed by atoms with Gasteiger partial charge in [-0.15, -0.1) is 0 Å². The zero-order chi connectivity index (χ0) is 15.3. The minimum atomic E-state index is -0.829. The van der Waals surface area contributed by atoms with Crippen molar-refractivity contribution in [3.05, 3.63) is 28.8 Å². The first-order valence-electron chi connectivity index (χ1n) is 6.50. The molecule has 0 unspecified atom stereocenters. The Balaban J connectivity index is 2.66. The molecule has 0 bridgehead atoms. The van der Waals surface area contributed by atoms with E-state index in [9.17, 15) is 9.18 Å². The van der Waals surface area contributed by atoms with Crippen LogP contribution in [0.2, 0.25) is 5.02 Å². The van der Waals surface area contributed by atoms with E-state index in [2.05, 4.69) is 15.2 Å². The molecule has 0 saturated heterocycles. The molecule has 1 aromatic heterocycles. The van der Waals surface area contributed by atoms with Crippen LogP contribution in [0.15, 0.2) is 12.3 Å². The Morgan fingerprint density at radius 1 is 1.50 bits per heavy atom. The third kappa shape index (κ3) is 5.06. The largest absolute Gasteiger partial charge is 0.347 e. The molecule has 0 radical (unpaired) electrons. The number of carbonyl (C=O) groups excluding carboxylic acids is 1. The summed E-state index contributed by atoms with van der Waals surface area (Å²) in [4.78, 5) is 17.6. The van der Waals surface area contributed by atoms with E-state index in [0.717, 1.165) is 19.4 Å². The Hall–Kier alpha value is -1.20. The molecule has 6 heteroatoms. The standard InChI is InChI=1S/C14H21ClFN3O/c1-14(2,7-5-9-19(3)4)18-13(20)10-6-8-17-12(16)11(10)15/h6,8H,5,7,9H2,1-4H3,(H,18,20). The van der Waals surface area contributed by atoms with Crippen molar-refractivity contribution >= 4 is 17.5 Å². The molecule has 0 fully saturated rings. The van der Waals surface area contributed by atoms with E-state index in [0.29, 0.717) is 0 Å². The highest BCUT2D eigenvalue weighted by atomic mass is 35.5. The molecule has 0 aromatic carbocycles. The molecule has 1 aromatic rings. The lowest BCUT2D eigenvalue weighted by molar-refractivity contribution is 0.0907.